The molecule has 4 heterocycles. The van der Waals surface area contributed by atoms with Gasteiger partial charge in [0.15, 0.2) is 11.5 Å². The first-order valence-electron chi connectivity index (χ1n) is 9.44. The minimum atomic E-state index is -1.25. The highest BCUT2D eigenvalue weighted by Gasteiger charge is 2.32. The SMILES string of the molecule is FC1(COc2ccc3nc(-c4nnc5ccccn45)ccc3c2)CCNCC1. The second-order valence-electron chi connectivity index (χ2n) is 7.19. The molecule has 5 rings (SSSR count). The van der Waals surface area contributed by atoms with Crippen molar-refractivity contribution in [3.8, 4) is 17.3 Å². The second kappa shape index (κ2) is 6.83. The van der Waals surface area contributed by atoms with Crippen molar-refractivity contribution in [2.24, 2.45) is 0 Å². The smallest absolute Gasteiger partial charge is 0.187 e. The summed E-state index contributed by atoms with van der Waals surface area (Å²) in [6.45, 7) is 1.47. The number of alkyl halides is 1. The van der Waals surface area contributed by atoms with Gasteiger partial charge in [0, 0.05) is 11.6 Å². The third-order valence-corrected chi connectivity index (χ3v) is 5.20. The second-order valence-corrected chi connectivity index (χ2v) is 7.19. The van der Waals surface area contributed by atoms with E-state index in [4.69, 9.17) is 9.72 Å². The lowest BCUT2D eigenvalue weighted by Gasteiger charge is -2.29. The largest absolute Gasteiger partial charge is 0.490 e. The van der Waals surface area contributed by atoms with Gasteiger partial charge in [0.1, 0.15) is 23.7 Å². The van der Waals surface area contributed by atoms with E-state index >= 15 is 0 Å². The molecule has 0 radical (unpaired) electrons. The number of nitrogens with one attached hydrogen (secondary N) is 1. The molecule has 1 fully saturated rings. The number of ether oxygens (including phenoxy) is 1. The van der Waals surface area contributed by atoms with Crippen molar-refractivity contribution in [3.05, 3.63) is 54.7 Å². The lowest BCUT2D eigenvalue weighted by molar-refractivity contribution is 0.0540. The number of halogens is 1. The van der Waals surface area contributed by atoms with E-state index in [-0.39, 0.29) is 6.61 Å². The van der Waals surface area contributed by atoms with Crippen LogP contribution in [-0.2, 0) is 0 Å². The summed E-state index contributed by atoms with van der Waals surface area (Å²) in [5, 5.41) is 12.5. The number of fused-ring (bicyclic) bond motifs is 2. The van der Waals surface area contributed by atoms with E-state index in [1.807, 2.05) is 59.1 Å². The minimum Gasteiger partial charge on any atom is -0.490 e. The van der Waals surface area contributed by atoms with Crippen molar-refractivity contribution < 1.29 is 9.13 Å². The van der Waals surface area contributed by atoms with Gasteiger partial charge in [-0.2, -0.15) is 0 Å². The van der Waals surface area contributed by atoms with E-state index in [0.29, 0.717) is 37.5 Å². The molecule has 142 valence electrons. The Kier molecular flexibility index (Phi) is 4.16. The lowest BCUT2D eigenvalue weighted by atomic mass is 9.95. The first-order chi connectivity index (χ1) is 13.7. The Labute approximate surface area is 161 Å². The fraction of sp³-hybridized carbons (Fsp3) is 0.286. The normalized spacial score (nSPS) is 16.5. The lowest BCUT2D eigenvalue weighted by Crippen LogP contribution is -2.42. The molecule has 28 heavy (non-hydrogen) atoms. The van der Waals surface area contributed by atoms with Crippen molar-refractivity contribution in [2.45, 2.75) is 18.5 Å². The van der Waals surface area contributed by atoms with Gasteiger partial charge in [-0.1, -0.05) is 12.1 Å². The van der Waals surface area contributed by atoms with Crippen molar-refractivity contribution in [1.82, 2.24) is 24.9 Å². The number of benzene rings is 1. The molecule has 0 saturated carbocycles. The molecule has 1 aliphatic heterocycles. The van der Waals surface area contributed by atoms with Crippen LogP contribution in [0.1, 0.15) is 12.8 Å². The highest BCUT2D eigenvalue weighted by atomic mass is 19.1. The van der Waals surface area contributed by atoms with E-state index in [0.717, 1.165) is 22.2 Å². The number of pyridine rings is 2. The topological polar surface area (TPSA) is 64.3 Å². The van der Waals surface area contributed by atoms with Gasteiger partial charge in [-0.3, -0.25) is 4.40 Å². The number of nitrogens with zero attached hydrogens (tertiary/aromatic N) is 4. The monoisotopic (exact) mass is 377 g/mol. The van der Waals surface area contributed by atoms with E-state index in [2.05, 4.69) is 15.5 Å². The zero-order chi connectivity index (χ0) is 19.0. The third-order valence-electron chi connectivity index (χ3n) is 5.20. The summed E-state index contributed by atoms with van der Waals surface area (Å²) in [6.07, 6.45) is 2.89. The zero-order valence-electron chi connectivity index (χ0n) is 15.3. The van der Waals surface area contributed by atoms with Gasteiger partial charge >= 0.3 is 0 Å². The molecule has 0 amide bonds. The molecule has 4 aromatic rings. The molecule has 0 aliphatic carbocycles. The molecule has 3 aromatic heterocycles. The molecule has 1 aromatic carbocycles. The highest BCUT2D eigenvalue weighted by Crippen LogP contribution is 2.27. The molecule has 1 aliphatic rings. The van der Waals surface area contributed by atoms with Crippen LogP contribution in [0.4, 0.5) is 4.39 Å². The number of piperidine rings is 1. The Balaban J connectivity index is 1.40. The third kappa shape index (κ3) is 3.18. The Hall–Kier alpha value is -3.06. The van der Waals surface area contributed by atoms with Crippen LogP contribution >= 0.6 is 0 Å². The Bertz CT molecular complexity index is 1140. The van der Waals surface area contributed by atoms with Crippen molar-refractivity contribution in [3.63, 3.8) is 0 Å². The molecular weight excluding hydrogens is 357 g/mol. The van der Waals surface area contributed by atoms with E-state index in [9.17, 15) is 4.39 Å². The van der Waals surface area contributed by atoms with Crippen LogP contribution in [0.25, 0.3) is 28.1 Å². The molecule has 6 nitrogen and oxygen atoms in total. The van der Waals surface area contributed by atoms with Crippen LogP contribution in [0.15, 0.2) is 54.7 Å². The number of rotatable bonds is 4. The van der Waals surface area contributed by atoms with E-state index in [1.54, 1.807) is 0 Å². The molecule has 0 atom stereocenters. The molecule has 0 unspecified atom stereocenters. The van der Waals surface area contributed by atoms with Crippen LogP contribution < -0.4 is 10.1 Å². The molecular formula is C21H20FN5O. The van der Waals surface area contributed by atoms with Gasteiger partial charge in [-0.05, 0) is 62.3 Å². The van der Waals surface area contributed by atoms with Crippen LogP contribution in [-0.4, -0.2) is 44.9 Å². The van der Waals surface area contributed by atoms with Gasteiger partial charge in [-0.25, -0.2) is 9.37 Å². The van der Waals surface area contributed by atoms with Crippen molar-refractivity contribution in [1.29, 1.82) is 0 Å². The predicted molar refractivity (Wildman–Crippen MR) is 105 cm³/mol. The van der Waals surface area contributed by atoms with Crippen LogP contribution in [0.5, 0.6) is 5.75 Å². The average molecular weight is 377 g/mol. The number of aromatic nitrogens is 4. The van der Waals surface area contributed by atoms with Crippen LogP contribution in [0.2, 0.25) is 0 Å². The Morgan fingerprint density at radius 2 is 1.96 bits per heavy atom. The summed E-state index contributed by atoms with van der Waals surface area (Å²) in [5.74, 6) is 1.36. The summed E-state index contributed by atoms with van der Waals surface area (Å²) >= 11 is 0. The maximum Gasteiger partial charge on any atom is 0.187 e. The van der Waals surface area contributed by atoms with Gasteiger partial charge in [0.2, 0.25) is 0 Å². The summed E-state index contributed by atoms with van der Waals surface area (Å²) in [6, 6.07) is 15.3. The zero-order valence-corrected chi connectivity index (χ0v) is 15.3. The number of hydrogen-bond acceptors (Lipinski definition) is 5. The molecule has 7 heteroatoms. The average Bonchev–Trinajstić information content (AvgIpc) is 3.17. The first kappa shape index (κ1) is 17.1. The summed E-state index contributed by atoms with van der Waals surface area (Å²) in [7, 11) is 0. The van der Waals surface area contributed by atoms with Crippen molar-refractivity contribution >= 4 is 16.6 Å². The summed E-state index contributed by atoms with van der Waals surface area (Å²) in [4.78, 5) is 4.71. The fourth-order valence-corrected chi connectivity index (χ4v) is 3.57. The van der Waals surface area contributed by atoms with Crippen LogP contribution in [0.3, 0.4) is 0 Å². The van der Waals surface area contributed by atoms with Gasteiger partial charge < -0.3 is 10.1 Å². The summed E-state index contributed by atoms with van der Waals surface area (Å²) < 4.78 is 22.4. The van der Waals surface area contributed by atoms with Gasteiger partial charge in [0.05, 0.1) is 5.52 Å². The standard InChI is InChI=1S/C21H20FN5O/c22-21(8-10-23-11-9-21)14-28-16-5-7-17-15(13-16)4-6-18(24-17)20-26-25-19-3-1-2-12-27(19)20/h1-7,12-13,23H,8-11,14H2. The van der Waals surface area contributed by atoms with Crippen molar-refractivity contribution in [2.75, 3.05) is 19.7 Å². The molecule has 0 bridgehead atoms. The van der Waals surface area contributed by atoms with Gasteiger partial charge in [0.25, 0.3) is 0 Å². The predicted octanol–water partition coefficient (Wildman–Crippen LogP) is 3.42. The molecule has 0 spiro atoms. The van der Waals surface area contributed by atoms with Crippen LogP contribution in [0, 0.1) is 0 Å². The Morgan fingerprint density at radius 3 is 2.86 bits per heavy atom. The van der Waals surface area contributed by atoms with E-state index < -0.39 is 5.67 Å². The maximum absolute atomic E-state index is 14.7. The fourth-order valence-electron chi connectivity index (χ4n) is 3.57. The quantitative estimate of drug-likeness (QED) is 0.590. The first-order valence-corrected chi connectivity index (χ1v) is 9.44. The minimum absolute atomic E-state index is 0.0808. The van der Waals surface area contributed by atoms with E-state index in [1.165, 1.54) is 0 Å². The van der Waals surface area contributed by atoms with Gasteiger partial charge in [-0.15, -0.1) is 10.2 Å². The highest BCUT2D eigenvalue weighted by molar-refractivity contribution is 5.82. The molecule has 1 saturated heterocycles. The number of hydrogen-bond donors (Lipinski definition) is 1. The maximum atomic E-state index is 14.7. The Morgan fingerprint density at radius 1 is 1.07 bits per heavy atom. The summed E-state index contributed by atoms with van der Waals surface area (Å²) in [5.41, 5.74) is 1.10. The molecule has 1 N–H and O–H groups in total.